The Morgan fingerprint density at radius 2 is 1.88 bits per heavy atom. The van der Waals surface area contributed by atoms with E-state index < -0.39 is 5.97 Å². The second kappa shape index (κ2) is 4.74. The van der Waals surface area contributed by atoms with Crippen molar-refractivity contribution in [2.24, 2.45) is 0 Å². The number of aromatic nitrogens is 1. The normalized spacial score (nSPS) is 10.0. The smallest absolute Gasteiger partial charge is 0.355 e. The fourth-order valence-electron chi connectivity index (χ4n) is 1.73. The van der Waals surface area contributed by atoms with Crippen LogP contribution in [0.5, 0.6) is 5.75 Å². The maximum Gasteiger partial charge on any atom is 0.355 e. The number of para-hydroxylation sites is 1. The number of aromatic amines is 1. The van der Waals surface area contributed by atoms with Gasteiger partial charge in [0.1, 0.15) is 11.4 Å². The molecule has 0 saturated carbocycles. The van der Waals surface area contributed by atoms with Crippen LogP contribution in [0.25, 0.3) is 11.1 Å². The molecule has 1 aromatic heterocycles. The van der Waals surface area contributed by atoms with E-state index >= 15 is 0 Å². The summed E-state index contributed by atoms with van der Waals surface area (Å²) in [6.07, 6.45) is 1.70. The van der Waals surface area contributed by atoms with Gasteiger partial charge in [0.15, 0.2) is 0 Å². The summed E-state index contributed by atoms with van der Waals surface area (Å²) in [7, 11) is 2.96. The summed E-state index contributed by atoms with van der Waals surface area (Å²) in [4.78, 5) is 14.5. The van der Waals surface area contributed by atoms with Crippen molar-refractivity contribution in [3.8, 4) is 16.9 Å². The van der Waals surface area contributed by atoms with Gasteiger partial charge in [-0.05, 0) is 12.1 Å². The molecule has 1 aromatic carbocycles. The molecule has 17 heavy (non-hydrogen) atoms. The molecule has 2 aromatic rings. The van der Waals surface area contributed by atoms with Crippen LogP contribution in [0.15, 0.2) is 36.5 Å². The molecule has 2 rings (SSSR count). The van der Waals surface area contributed by atoms with Crippen molar-refractivity contribution in [3.05, 3.63) is 42.2 Å². The fraction of sp³-hybridized carbons (Fsp3) is 0.154. The van der Waals surface area contributed by atoms with Gasteiger partial charge in [-0.25, -0.2) is 4.79 Å². The molecular weight excluding hydrogens is 218 g/mol. The number of esters is 1. The van der Waals surface area contributed by atoms with Gasteiger partial charge >= 0.3 is 5.97 Å². The molecule has 0 atom stereocenters. The van der Waals surface area contributed by atoms with Crippen LogP contribution in [0, 0.1) is 0 Å². The second-order valence-electron chi connectivity index (χ2n) is 3.46. The molecule has 0 amide bonds. The molecule has 0 aliphatic carbocycles. The number of hydrogen-bond donors (Lipinski definition) is 1. The van der Waals surface area contributed by atoms with Crippen LogP contribution < -0.4 is 4.74 Å². The summed E-state index contributed by atoms with van der Waals surface area (Å²) in [5.41, 5.74) is 2.06. The lowest BCUT2D eigenvalue weighted by molar-refractivity contribution is 0.0596. The van der Waals surface area contributed by atoms with E-state index in [0.29, 0.717) is 5.69 Å². The number of methoxy groups -OCH3 is 2. The third kappa shape index (κ3) is 2.01. The van der Waals surface area contributed by atoms with Crippen LogP contribution in [-0.4, -0.2) is 25.2 Å². The van der Waals surface area contributed by atoms with Gasteiger partial charge in [-0.1, -0.05) is 18.2 Å². The Labute approximate surface area is 99.2 Å². The number of ether oxygens (including phenoxy) is 2. The molecular formula is C13H13NO3. The van der Waals surface area contributed by atoms with E-state index in [0.717, 1.165) is 16.9 Å². The molecule has 4 heteroatoms. The second-order valence-corrected chi connectivity index (χ2v) is 3.46. The average Bonchev–Trinajstić information content (AvgIpc) is 2.86. The van der Waals surface area contributed by atoms with Crippen molar-refractivity contribution in [3.63, 3.8) is 0 Å². The third-order valence-corrected chi connectivity index (χ3v) is 2.53. The zero-order valence-electron chi connectivity index (χ0n) is 9.69. The molecule has 0 bridgehead atoms. The van der Waals surface area contributed by atoms with E-state index in [1.807, 2.05) is 30.3 Å². The van der Waals surface area contributed by atoms with Crippen molar-refractivity contribution >= 4 is 5.97 Å². The highest BCUT2D eigenvalue weighted by Crippen LogP contribution is 2.31. The van der Waals surface area contributed by atoms with Crippen molar-refractivity contribution < 1.29 is 14.3 Å². The minimum atomic E-state index is -0.393. The number of benzene rings is 1. The molecule has 1 heterocycles. The lowest BCUT2D eigenvalue weighted by atomic mass is 10.1. The maximum absolute atomic E-state index is 11.6. The molecule has 0 aliphatic heterocycles. The summed E-state index contributed by atoms with van der Waals surface area (Å²) < 4.78 is 9.99. The summed E-state index contributed by atoms with van der Waals surface area (Å²) in [6.45, 7) is 0. The summed E-state index contributed by atoms with van der Waals surface area (Å²) in [6, 6.07) is 9.35. The van der Waals surface area contributed by atoms with E-state index in [9.17, 15) is 4.79 Å². The highest BCUT2D eigenvalue weighted by atomic mass is 16.5. The topological polar surface area (TPSA) is 51.3 Å². The minimum absolute atomic E-state index is 0.393. The quantitative estimate of drug-likeness (QED) is 0.825. The molecule has 0 radical (unpaired) electrons. The zero-order chi connectivity index (χ0) is 12.3. The first kappa shape index (κ1) is 11.3. The predicted molar refractivity (Wildman–Crippen MR) is 64.1 cm³/mol. The zero-order valence-corrected chi connectivity index (χ0v) is 9.69. The van der Waals surface area contributed by atoms with E-state index in [-0.39, 0.29) is 0 Å². The maximum atomic E-state index is 11.6. The van der Waals surface area contributed by atoms with Crippen LogP contribution in [0.3, 0.4) is 0 Å². The molecule has 0 spiro atoms. The minimum Gasteiger partial charge on any atom is -0.496 e. The Balaban J connectivity index is 2.53. The van der Waals surface area contributed by atoms with Gasteiger partial charge in [-0.15, -0.1) is 0 Å². The first-order chi connectivity index (χ1) is 8.27. The van der Waals surface area contributed by atoms with Crippen molar-refractivity contribution in [1.29, 1.82) is 0 Å². The molecule has 0 unspecified atom stereocenters. The molecule has 1 N–H and O–H groups in total. The Kier molecular flexibility index (Phi) is 3.14. The number of hydrogen-bond acceptors (Lipinski definition) is 3. The summed E-state index contributed by atoms with van der Waals surface area (Å²) in [5, 5.41) is 0. The molecule has 4 nitrogen and oxygen atoms in total. The number of nitrogens with one attached hydrogen (secondary N) is 1. The van der Waals surface area contributed by atoms with Crippen molar-refractivity contribution in [1.82, 2.24) is 4.98 Å². The average molecular weight is 231 g/mol. The monoisotopic (exact) mass is 231 g/mol. The number of carbonyl (C=O) groups is 1. The lowest BCUT2D eigenvalue weighted by Crippen LogP contribution is -2.03. The van der Waals surface area contributed by atoms with E-state index in [2.05, 4.69) is 4.98 Å². The number of carbonyl (C=O) groups excluding carboxylic acids is 1. The van der Waals surface area contributed by atoms with Gasteiger partial charge in [0.25, 0.3) is 0 Å². The van der Waals surface area contributed by atoms with Gasteiger partial charge in [-0.2, -0.15) is 0 Å². The van der Waals surface area contributed by atoms with Crippen LogP contribution in [-0.2, 0) is 4.74 Å². The van der Waals surface area contributed by atoms with E-state index in [4.69, 9.17) is 9.47 Å². The van der Waals surface area contributed by atoms with Gasteiger partial charge in [0.2, 0.25) is 0 Å². The van der Waals surface area contributed by atoms with Gasteiger partial charge in [0.05, 0.1) is 14.2 Å². The van der Waals surface area contributed by atoms with Gasteiger partial charge in [-0.3, -0.25) is 0 Å². The molecule has 88 valence electrons. The van der Waals surface area contributed by atoms with Gasteiger partial charge < -0.3 is 14.5 Å². The fourth-order valence-corrected chi connectivity index (χ4v) is 1.73. The lowest BCUT2D eigenvalue weighted by Gasteiger charge is -2.08. The molecule has 0 saturated heterocycles. The molecule has 0 fully saturated rings. The Morgan fingerprint density at radius 3 is 2.59 bits per heavy atom. The van der Waals surface area contributed by atoms with Crippen LogP contribution in [0.4, 0.5) is 0 Å². The standard InChI is InChI=1S/C13H13NO3/c1-16-11-6-4-3-5-9(11)10-7-8-14-12(10)13(15)17-2/h3-8,14H,1-2H3. The largest absolute Gasteiger partial charge is 0.496 e. The first-order valence-electron chi connectivity index (χ1n) is 5.17. The predicted octanol–water partition coefficient (Wildman–Crippen LogP) is 2.48. The Hall–Kier alpha value is -2.23. The summed E-state index contributed by atoms with van der Waals surface area (Å²) in [5.74, 6) is 0.327. The van der Waals surface area contributed by atoms with Crippen LogP contribution in [0.2, 0.25) is 0 Å². The van der Waals surface area contributed by atoms with Crippen molar-refractivity contribution in [2.75, 3.05) is 14.2 Å². The van der Waals surface area contributed by atoms with Crippen molar-refractivity contribution in [2.45, 2.75) is 0 Å². The molecule has 0 aliphatic rings. The highest BCUT2D eigenvalue weighted by Gasteiger charge is 2.16. The Bertz CT molecular complexity index is 531. The third-order valence-electron chi connectivity index (χ3n) is 2.53. The number of H-pyrrole nitrogens is 1. The SMILES string of the molecule is COC(=O)c1[nH]ccc1-c1ccccc1OC. The van der Waals surface area contributed by atoms with Gasteiger partial charge in [0, 0.05) is 17.3 Å². The highest BCUT2D eigenvalue weighted by molar-refractivity contribution is 5.96. The van der Waals surface area contributed by atoms with E-state index in [1.54, 1.807) is 13.3 Å². The summed E-state index contributed by atoms with van der Waals surface area (Å²) >= 11 is 0. The Morgan fingerprint density at radius 1 is 1.12 bits per heavy atom. The first-order valence-corrected chi connectivity index (χ1v) is 5.17. The van der Waals surface area contributed by atoms with E-state index in [1.165, 1.54) is 7.11 Å². The van der Waals surface area contributed by atoms with Crippen LogP contribution in [0.1, 0.15) is 10.5 Å². The number of rotatable bonds is 3. The van der Waals surface area contributed by atoms with Crippen LogP contribution >= 0.6 is 0 Å².